The first-order valence-corrected chi connectivity index (χ1v) is 6.20. The monoisotopic (exact) mass is 267 g/mol. The Morgan fingerprint density at radius 2 is 1.89 bits per heavy atom. The molecule has 0 spiro atoms. The maximum atomic E-state index is 12.7. The number of carboxylic acids is 1. The fourth-order valence-electron chi connectivity index (χ4n) is 1.70. The highest BCUT2D eigenvalue weighted by atomic mass is 19.1. The van der Waals surface area contributed by atoms with Crippen LogP contribution in [-0.4, -0.2) is 23.0 Å². The van der Waals surface area contributed by atoms with Gasteiger partial charge in [-0.15, -0.1) is 0 Å². The molecule has 0 heterocycles. The van der Waals surface area contributed by atoms with Gasteiger partial charge in [-0.1, -0.05) is 32.4 Å². The van der Waals surface area contributed by atoms with E-state index >= 15 is 0 Å². The Bertz CT molecular complexity index is 445. The highest BCUT2D eigenvalue weighted by Gasteiger charge is 2.25. The van der Waals surface area contributed by atoms with Crippen molar-refractivity contribution in [2.24, 2.45) is 5.92 Å². The normalized spacial score (nSPS) is 13.6. The fraction of sp³-hybridized carbons (Fsp3) is 0.429. The molecule has 0 saturated carbocycles. The zero-order chi connectivity index (χ0) is 14.4. The lowest BCUT2D eigenvalue weighted by molar-refractivity contribution is -0.143. The Morgan fingerprint density at radius 1 is 1.32 bits per heavy atom. The van der Waals surface area contributed by atoms with E-state index in [0.717, 1.165) is 0 Å². The van der Waals surface area contributed by atoms with Crippen LogP contribution in [0.2, 0.25) is 0 Å². The standard InChI is InChI=1S/C14H18FNO3/c1-3-9(2)13(14(18)19)16-12(17)8-10-4-6-11(15)7-5-10/h4-7,9,13H,3,8H2,1-2H3,(H,16,17)(H,18,19). The molecular formula is C14H18FNO3. The number of amides is 1. The van der Waals surface area contributed by atoms with Crippen LogP contribution in [0.15, 0.2) is 24.3 Å². The number of benzene rings is 1. The van der Waals surface area contributed by atoms with E-state index in [4.69, 9.17) is 5.11 Å². The first kappa shape index (κ1) is 15.1. The SMILES string of the molecule is CCC(C)C(NC(=O)Cc1ccc(F)cc1)C(=O)O. The summed E-state index contributed by atoms with van der Waals surface area (Å²) in [7, 11) is 0. The van der Waals surface area contributed by atoms with Crippen molar-refractivity contribution >= 4 is 11.9 Å². The molecule has 2 atom stereocenters. The minimum absolute atomic E-state index is 0.0422. The van der Waals surface area contributed by atoms with Gasteiger partial charge in [0.15, 0.2) is 0 Å². The Kier molecular flexibility index (Phi) is 5.48. The minimum Gasteiger partial charge on any atom is -0.480 e. The van der Waals surface area contributed by atoms with Crippen LogP contribution in [0.5, 0.6) is 0 Å². The molecule has 0 radical (unpaired) electrons. The summed E-state index contributed by atoms with van der Waals surface area (Å²) in [6.45, 7) is 3.64. The lowest BCUT2D eigenvalue weighted by Crippen LogP contribution is -2.45. The topological polar surface area (TPSA) is 66.4 Å². The predicted octanol–water partition coefficient (Wildman–Crippen LogP) is 1.98. The molecule has 0 fully saturated rings. The third-order valence-corrected chi connectivity index (χ3v) is 3.07. The van der Waals surface area contributed by atoms with Gasteiger partial charge in [0.2, 0.25) is 5.91 Å². The largest absolute Gasteiger partial charge is 0.480 e. The van der Waals surface area contributed by atoms with Gasteiger partial charge < -0.3 is 10.4 Å². The van der Waals surface area contributed by atoms with Crippen molar-refractivity contribution in [3.63, 3.8) is 0 Å². The van der Waals surface area contributed by atoms with E-state index in [2.05, 4.69) is 5.32 Å². The van der Waals surface area contributed by atoms with Crippen molar-refractivity contribution in [2.45, 2.75) is 32.7 Å². The Balaban J connectivity index is 2.62. The van der Waals surface area contributed by atoms with Gasteiger partial charge in [0.1, 0.15) is 11.9 Å². The molecule has 0 aliphatic carbocycles. The minimum atomic E-state index is -1.04. The number of rotatable bonds is 6. The first-order valence-electron chi connectivity index (χ1n) is 6.20. The number of aliphatic carboxylic acids is 1. The molecule has 0 bridgehead atoms. The fourth-order valence-corrected chi connectivity index (χ4v) is 1.70. The van der Waals surface area contributed by atoms with Crippen LogP contribution in [0.3, 0.4) is 0 Å². The smallest absolute Gasteiger partial charge is 0.326 e. The quantitative estimate of drug-likeness (QED) is 0.828. The van der Waals surface area contributed by atoms with Crippen LogP contribution >= 0.6 is 0 Å². The molecule has 0 saturated heterocycles. The average molecular weight is 267 g/mol. The van der Waals surface area contributed by atoms with E-state index in [9.17, 15) is 14.0 Å². The molecule has 0 aromatic heterocycles. The van der Waals surface area contributed by atoms with Crippen molar-refractivity contribution in [1.29, 1.82) is 0 Å². The number of halogens is 1. The highest BCUT2D eigenvalue weighted by Crippen LogP contribution is 2.09. The van der Waals surface area contributed by atoms with Gasteiger partial charge in [-0.25, -0.2) is 9.18 Å². The maximum absolute atomic E-state index is 12.7. The van der Waals surface area contributed by atoms with E-state index in [1.807, 2.05) is 6.92 Å². The highest BCUT2D eigenvalue weighted by molar-refractivity contribution is 5.85. The van der Waals surface area contributed by atoms with Crippen LogP contribution in [0.1, 0.15) is 25.8 Å². The van der Waals surface area contributed by atoms with E-state index in [1.165, 1.54) is 24.3 Å². The zero-order valence-electron chi connectivity index (χ0n) is 11.0. The van der Waals surface area contributed by atoms with Crippen molar-refractivity contribution in [1.82, 2.24) is 5.32 Å². The van der Waals surface area contributed by atoms with E-state index in [-0.39, 0.29) is 24.1 Å². The maximum Gasteiger partial charge on any atom is 0.326 e. The lowest BCUT2D eigenvalue weighted by atomic mass is 9.99. The van der Waals surface area contributed by atoms with E-state index in [1.54, 1.807) is 6.92 Å². The number of hydrogen-bond donors (Lipinski definition) is 2. The second-order valence-corrected chi connectivity index (χ2v) is 4.57. The van der Waals surface area contributed by atoms with Gasteiger partial charge in [0, 0.05) is 0 Å². The second kappa shape index (κ2) is 6.87. The molecule has 0 aliphatic heterocycles. The molecule has 2 N–H and O–H groups in total. The molecule has 19 heavy (non-hydrogen) atoms. The van der Waals surface area contributed by atoms with Gasteiger partial charge >= 0.3 is 5.97 Å². The van der Waals surface area contributed by atoms with Crippen LogP contribution in [0.4, 0.5) is 4.39 Å². The van der Waals surface area contributed by atoms with Gasteiger partial charge in [0.05, 0.1) is 6.42 Å². The third-order valence-electron chi connectivity index (χ3n) is 3.07. The summed E-state index contributed by atoms with van der Waals surface area (Å²) in [4.78, 5) is 22.8. The molecular weight excluding hydrogens is 249 g/mol. The zero-order valence-corrected chi connectivity index (χ0v) is 11.0. The third kappa shape index (κ3) is 4.69. The van der Waals surface area contributed by atoms with Gasteiger partial charge in [-0.05, 0) is 23.6 Å². The van der Waals surface area contributed by atoms with E-state index in [0.29, 0.717) is 12.0 Å². The second-order valence-electron chi connectivity index (χ2n) is 4.57. The summed E-state index contributed by atoms with van der Waals surface area (Å²) in [5, 5.41) is 11.6. The van der Waals surface area contributed by atoms with Crippen LogP contribution in [-0.2, 0) is 16.0 Å². The summed E-state index contributed by atoms with van der Waals surface area (Å²) >= 11 is 0. The van der Waals surface area contributed by atoms with Gasteiger partial charge in [-0.2, -0.15) is 0 Å². The summed E-state index contributed by atoms with van der Waals surface area (Å²) in [6.07, 6.45) is 0.703. The summed E-state index contributed by atoms with van der Waals surface area (Å²) < 4.78 is 12.7. The molecule has 4 nitrogen and oxygen atoms in total. The summed E-state index contributed by atoms with van der Waals surface area (Å²) in [6, 6.07) is 4.66. The molecule has 2 unspecified atom stereocenters. The molecule has 1 aromatic carbocycles. The van der Waals surface area contributed by atoms with Crippen LogP contribution < -0.4 is 5.32 Å². The molecule has 1 aromatic rings. The van der Waals surface area contributed by atoms with Gasteiger partial charge in [0.25, 0.3) is 0 Å². The van der Waals surface area contributed by atoms with Crippen molar-refractivity contribution in [3.8, 4) is 0 Å². The number of carbonyl (C=O) groups excluding carboxylic acids is 1. The molecule has 0 aliphatic rings. The van der Waals surface area contributed by atoms with Crippen molar-refractivity contribution < 1.29 is 19.1 Å². The van der Waals surface area contributed by atoms with Crippen molar-refractivity contribution in [2.75, 3.05) is 0 Å². The molecule has 1 amide bonds. The van der Waals surface area contributed by atoms with Crippen molar-refractivity contribution in [3.05, 3.63) is 35.6 Å². The Morgan fingerprint density at radius 3 is 2.37 bits per heavy atom. The summed E-state index contributed by atoms with van der Waals surface area (Å²) in [5.41, 5.74) is 0.646. The number of nitrogens with one attached hydrogen (secondary N) is 1. The predicted molar refractivity (Wildman–Crippen MR) is 69.1 cm³/mol. The van der Waals surface area contributed by atoms with Crippen LogP contribution in [0, 0.1) is 11.7 Å². The molecule has 5 heteroatoms. The number of carboxylic acid groups (broad SMARTS) is 1. The lowest BCUT2D eigenvalue weighted by Gasteiger charge is -2.20. The molecule has 1 rings (SSSR count). The first-order chi connectivity index (χ1) is 8.93. The Hall–Kier alpha value is -1.91. The number of carbonyl (C=O) groups is 2. The van der Waals surface area contributed by atoms with Crippen LogP contribution in [0.25, 0.3) is 0 Å². The van der Waals surface area contributed by atoms with E-state index < -0.39 is 12.0 Å². The Labute approximate surface area is 111 Å². The molecule has 104 valence electrons. The average Bonchev–Trinajstić information content (AvgIpc) is 2.37. The summed E-state index contributed by atoms with van der Waals surface area (Å²) in [5.74, 6) is -1.93. The van der Waals surface area contributed by atoms with Gasteiger partial charge in [-0.3, -0.25) is 4.79 Å². The number of hydrogen-bond acceptors (Lipinski definition) is 2.